The lowest BCUT2D eigenvalue weighted by Crippen LogP contribution is -2.24. The maximum Gasteiger partial charge on any atom is 0.123 e. The minimum Gasteiger partial charge on any atom is -0.487 e. The molecule has 2 heterocycles. The summed E-state index contributed by atoms with van der Waals surface area (Å²) in [7, 11) is 0. The van der Waals surface area contributed by atoms with Crippen LogP contribution in [0.3, 0.4) is 0 Å². The molecule has 1 aliphatic heterocycles. The fraction of sp³-hybridized carbons (Fsp3) is 0.312. The van der Waals surface area contributed by atoms with Crippen LogP contribution in [0, 0.1) is 6.92 Å². The predicted molar refractivity (Wildman–Crippen MR) is 77.2 cm³/mol. The molecule has 3 nitrogen and oxygen atoms in total. The number of benzene rings is 1. The van der Waals surface area contributed by atoms with Gasteiger partial charge in [-0.2, -0.15) is 0 Å². The summed E-state index contributed by atoms with van der Waals surface area (Å²) in [5.41, 5.74) is 10.1. The molecule has 98 valence electrons. The van der Waals surface area contributed by atoms with Gasteiger partial charge in [0.2, 0.25) is 0 Å². The fourth-order valence-corrected chi connectivity index (χ4v) is 2.66. The molecule has 2 aromatic rings. The molecule has 3 heteroatoms. The van der Waals surface area contributed by atoms with Crippen molar-refractivity contribution in [2.45, 2.75) is 32.8 Å². The van der Waals surface area contributed by atoms with E-state index in [1.54, 1.807) is 0 Å². The van der Waals surface area contributed by atoms with Gasteiger partial charge >= 0.3 is 0 Å². The first kappa shape index (κ1) is 12.0. The Morgan fingerprint density at radius 3 is 2.74 bits per heavy atom. The van der Waals surface area contributed by atoms with Crippen LogP contribution in [0.2, 0.25) is 0 Å². The molecule has 0 radical (unpaired) electrons. The second kappa shape index (κ2) is 3.98. The molecule has 1 aromatic carbocycles. The average Bonchev–Trinajstić information content (AvgIpc) is 2.61. The number of fused-ring (bicyclic) bond motifs is 1. The zero-order chi connectivity index (χ0) is 13.6. The lowest BCUT2D eigenvalue weighted by Gasteiger charge is -2.16. The Hall–Kier alpha value is -2.03. The van der Waals surface area contributed by atoms with Crippen LogP contribution < -0.4 is 10.5 Å². The Morgan fingerprint density at radius 1 is 1.21 bits per heavy atom. The number of nitrogen functional groups attached to an aromatic ring is 1. The monoisotopic (exact) mass is 254 g/mol. The van der Waals surface area contributed by atoms with Crippen LogP contribution in [0.25, 0.3) is 11.1 Å². The van der Waals surface area contributed by atoms with E-state index in [0.717, 1.165) is 23.4 Å². The smallest absolute Gasteiger partial charge is 0.123 e. The van der Waals surface area contributed by atoms with Crippen molar-refractivity contribution in [1.82, 2.24) is 4.98 Å². The number of hydrogen-bond acceptors (Lipinski definition) is 3. The molecular weight excluding hydrogens is 236 g/mol. The topological polar surface area (TPSA) is 48.1 Å². The van der Waals surface area contributed by atoms with Crippen molar-refractivity contribution in [3.8, 4) is 16.9 Å². The zero-order valence-corrected chi connectivity index (χ0v) is 11.5. The number of ether oxygens (including phenoxy) is 1. The van der Waals surface area contributed by atoms with Gasteiger partial charge in [-0.3, -0.25) is 0 Å². The second-order valence-corrected chi connectivity index (χ2v) is 5.73. The minimum atomic E-state index is -0.102. The molecule has 0 bridgehead atoms. The van der Waals surface area contributed by atoms with Crippen molar-refractivity contribution >= 4 is 5.82 Å². The third-order valence-corrected chi connectivity index (χ3v) is 3.48. The molecule has 0 spiro atoms. The van der Waals surface area contributed by atoms with Gasteiger partial charge in [0.25, 0.3) is 0 Å². The summed E-state index contributed by atoms with van der Waals surface area (Å²) in [5.74, 6) is 1.56. The van der Waals surface area contributed by atoms with Crippen LogP contribution in [0.15, 0.2) is 30.3 Å². The van der Waals surface area contributed by atoms with E-state index in [1.165, 1.54) is 11.1 Å². The predicted octanol–water partition coefficient (Wildman–Crippen LogP) is 3.35. The highest BCUT2D eigenvalue weighted by molar-refractivity contribution is 5.69. The molecule has 1 aromatic heterocycles. The average molecular weight is 254 g/mol. The molecule has 0 fully saturated rings. The Bertz CT molecular complexity index is 647. The highest BCUT2D eigenvalue weighted by atomic mass is 16.5. The van der Waals surface area contributed by atoms with E-state index >= 15 is 0 Å². The molecule has 0 aliphatic carbocycles. The van der Waals surface area contributed by atoms with Crippen molar-refractivity contribution < 1.29 is 4.74 Å². The normalized spacial score (nSPS) is 15.9. The maximum absolute atomic E-state index is 5.90. The highest BCUT2D eigenvalue weighted by Gasteiger charge is 2.30. The zero-order valence-electron chi connectivity index (χ0n) is 11.5. The van der Waals surface area contributed by atoms with Crippen LogP contribution in [-0.4, -0.2) is 10.6 Å². The van der Waals surface area contributed by atoms with Crippen molar-refractivity contribution in [2.24, 2.45) is 0 Å². The highest BCUT2D eigenvalue weighted by Crippen LogP contribution is 2.37. The molecule has 19 heavy (non-hydrogen) atoms. The summed E-state index contributed by atoms with van der Waals surface area (Å²) in [6, 6.07) is 10.2. The van der Waals surface area contributed by atoms with E-state index in [-0.39, 0.29) is 5.60 Å². The number of nitrogens with two attached hydrogens (primary N) is 1. The van der Waals surface area contributed by atoms with Gasteiger partial charge < -0.3 is 10.5 Å². The fourth-order valence-electron chi connectivity index (χ4n) is 2.66. The van der Waals surface area contributed by atoms with Gasteiger partial charge in [0, 0.05) is 17.7 Å². The standard InChI is InChI=1S/C16H18N2O/c1-10-13(5-7-15(17)18-10)11-4-6-14-12(8-11)9-16(2,3)19-14/h4-8H,9H2,1-3H3,(H2,17,18). The van der Waals surface area contributed by atoms with Crippen molar-refractivity contribution in [3.05, 3.63) is 41.6 Å². The molecular formula is C16H18N2O. The Labute approximate surface area is 113 Å². The van der Waals surface area contributed by atoms with Crippen LogP contribution >= 0.6 is 0 Å². The van der Waals surface area contributed by atoms with E-state index in [1.807, 2.05) is 19.1 Å². The van der Waals surface area contributed by atoms with Crippen molar-refractivity contribution in [1.29, 1.82) is 0 Å². The van der Waals surface area contributed by atoms with Gasteiger partial charge in [0.05, 0.1) is 0 Å². The van der Waals surface area contributed by atoms with Crippen LogP contribution in [0.5, 0.6) is 5.75 Å². The molecule has 0 unspecified atom stereocenters. The third-order valence-electron chi connectivity index (χ3n) is 3.48. The van der Waals surface area contributed by atoms with Gasteiger partial charge in [-0.05, 0) is 56.2 Å². The Morgan fingerprint density at radius 2 is 2.00 bits per heavy atom. The summed E-state index contributed by atoms with van der Waals surface area (Å²) in [4.78, 5) is 4.32. The molecule has 0 saturated heterocycles. The van der Waals surface area contributed by atoms with Gasteiger partial charge in [-0.1, -0.05) is 6.07 Å². The largest absolute Gasteiger partial charge is 0.487 e. The number of anilines is 1. The maximum atomic E-state index is 5.90. The molecule has 0 saturated carbocycles. The quantitative estimate of drug-likeness (QED) is 0.849. The van der Waals surface area contributed by atoms with Gasteiger partial charge in [0.1, 0.15) is 17.2 Å². The lowest BCUT2D eigenvalue weighted by molar-refractivity contribution is 0.138. The molecule has 2 N–H and O–H groups in total. The molecule has 0 amide bonds. The second-order valence-electron chi connectivity index (χ2n) is 5.73. The van der Waals surface area contributed by atoms with E-state index in [0.29, 0.717) is 5.82 Å². The van der Waals surface area contributed by atoms with Crippen LogP contribution in [-0.2, 0) is 6.42 Å². The molecule has 0 atom stereocenters. The van der Waals surface area contributed by atoms with Crippen molar-refractivity contribution in [2.75, 3.05) is 5.73 Å². The Kier molecular flexibility index (Phi) is 2.52. The number of aromatic nitrogens is 1. The third kappa shape index (κ3) is 2.16. The van der Waals surface area contributed by atoms with Crippen LogP contribution in [0.4, 0.5) is 5.82 Å². The first-order chi connectivity index (χ1) is 8.94. The summed E-state index contributed by atoms with van der Waals surface area (Å²) >= 11 is 0. The summed E-state index contributed by atoms with van der Waals surface area (Å²) in [6.45, 7) is 6.21. The Balaban J connectivity index is 2.04. The van der Waals surface area contributed by atoms with Crippen LogP contribution in [0.1, 0.15) is 25.1 Å². The van der Waals surface area contributed by atoms with E-state index < -0.39 is 0 Å². The number of hydrogen-bond donors (Lipinski definition) is 1. The molecule has 1 aliphatic rings. The lowest BCUT2D eigenvalue weighted by atomic mass is 9.97. The van der Waals surface area contributed by atoms with E-state index in [9.17, 15) is 0 Å². The number of rotatable bonds is 1. The summed E-state index contributed by atoms with van der Waals surface area (Å²) in [6.07, 6.45) is 0.942. The van der Waals surface area contributed by atoms with Gasteiger partial charge in [-0.25, -0.2) is 4.98 Å². The van der Waals surface area contributed by atoms with E-state index in [2.05, 4.69) is 37.0 Å². The first-order valence-electron chi connectivity index (χ1n) is 6.50. The number of pyridine rings is 1. The SMILES string of the molecule is Cc1nc(N)ccc1-c1ccc2c(c1)CC(C)(C)O2. The summed E-state index contributed by atoms with van der Waals surface area (Å²) < 4.78 is 5.90. The first-order valence-corrected chi connectivity index (χ1v) is 6.50. The molecule has 3 rings (SSSR count). The van der Waals surface area contributed by atoms with E-state index in [4.69, 9.17) is 10.5 Å². The number of aryl methyl sites for hydroxylation is 1. The minimum absolute atomic E-state index is 0.102. The number of nitrogens with zero attached hydrogens (tertiary/aromatic N) is 1. The van der Waals surface area contributed by atoms with Gasteiger partial charge in [0.15, 0.2) is 0 Å². The summed E-state index contributed by atoms with van der Waals surface area (Å²) in [5, 5.41) is 0. The van der Waals surface area contributed by atoms with Crippen molar-refractivity contribution in [3.63, 3.8) is 0 Å². The van der Waals surface area contributed by atoms with Gasteiger partial charge in [-0.15, -0.1) is 0 Å².